The molecular formula is C27H29N5O3. The molecule has 2 heterocycles. The zero-order valence-electron chi connectivity index (χ0n) is 19.6. The predicted molar refractivity (Wildman–Crippen MR) is 134 cm³/mol. The number of nitrogens with one attached hydrogen (secondary N) is 3. The molecule has 0 saturated heterocycles. The number of benzene rings is 2. The van der Waals surface area contributed by atoms with Crippen LogP contribution in [0.15, 0.2) is 61.1 Å². The molecule has 8 nitrogen and oxygen atoms in total. The Morgan fingerprint density at radius 1 is 1.29 bits per heavy atom. The van der Waals surface area contributed by atoms with Gasteiger partial charge in [-0.1, -0.05) is 18.2 Å². The number of fused-ring (bicyclic) bond motifs is 2. The number of hydrogen-bond acceptors (Lipinski definition) is 5. The first-order valence-corrected chi connectivity index (χ1v) is 11.8. The maximum atomic E-state index is 11.3. The smallest absolute Gasteiger partial charge is 0.267 e. The van der Waals surface area contributed by atoms with Crippen molar-refractivity contribution in [1.29, 1.82) is 0 Å². The summed E-state index contributed by atoms with van der Waals surface area (Å²) in [7, 11) is 1.68. The van der Waals surface area contributed by atoms with Crippen LogP contribution in [0.3, 0.4) is 0 Å². The Kier molecular flexibility index (Phi) is 6.65. The number of nitrogens with zero attached hydrogens (tertiary/aromatic N) is 2. The molecule has 0 spiro atoms. The second-order valence-electron chi connectivity index (χ2n) is 8.87. The highest BCUT2D eigenvalue weighted by Gasteiger charge is 2.28. The van der Waals surface area contributed by atoms with E-state index in [1.54, 1.807) is 18.7 Å². The summed E-state index contributed by atoms with van der Waals surface area (Å²) < 4.78 is 5.36. The number of hydrogen-bond donors (Lipinski definition) is 4. The molecule has 1 amide bonds. The Morgan fingerprint density at radius 3 is 3.00 bits per heavy atom. The lowest BCUT2D eigenvalue weighted by Gasteiger charge is -2.29. The van der Waals surface area contributed by atoms with Crippen molar-refractivity contribution in [2.45, 2.75) is 31.8 Å². The molecule has 0 radical (unpaired) electrons. The fourth-order valence-corrected chi connectivity index (χ4v) is 5.01. The lowest BCUT2D eigenvalue weighted by molar-refractivity contribution is -0.124. The maximum Gasteiger partial charge on any atom is 0.267 e. The van der Waals surface area contributed by atoms with Crippen molar-refractivity contribution in [3.8, 4) is 5.75 Å². The molecule has 0 aliphatic heterocycles. The van der Waals surface area contributed by atoms with Gasteiger partial charge in [-0.05, 0) is 59.7 Å². The highest BCUT2D eigenvalue weighted by molar-refractivity contribution is 5.90. The Hall–Kier alpha value is -3.88. The van der Waals surface area contributed by atoms with E-state index in [0.29, 0.717) is 6.04 Å². The average molecular weight is 472 g/mol. The molecule has 0 saturated carbocycles. The molecule has 1 aliphatic rings. The number of aromatic amines is 2. The normalized spacial score (nSPS) is 15.2. The number of H-pyrrole nitrogens is 2. The van der Waals surface area contributed by atoms with Gasteiger partial charge in [-0.2, -0.15) is 5.10 Å². The van der Waals surface area contributed by atoms with Gasteiger partial charge in [-0.3, -0.25) is 20.0 Å². The highest BCUT2D eigenvalue weighted by Crippen LogP contribution is 2.37. The minimum Gasteiger partial charge on any atom is -0.497 e. The van der Waals surface area contributed by atoms with Gasteiger partial charge in [-0.15, -0.1) is 0 Å². The van der Waals surface area contributed by atoms with Crippen molar-refractivity contribution in [1.82, 2.24) is 25.6 Å². The first-order chi connectivity index (χ1) is 17.1. The molecule has 180 valence electrons. The summed E-state index contributed by atoms with van der Waals surface area (Å²) in [6.45, 7) is 1.72. The number of aryl methyl sites for hydroxylation is 1. The molecule has 5 rings (SSSR count). The van der Waals surface area contributed by atoms with Crippen LogP contribution in [0.25, 0.3) is 17.0 Å². The number of carbonyl (C=O) groups excluding carboxylic acids is 1. The summed E-state index contributed by atoms with van der Waals surface area (Å²) in [5.74, 6) is 0.312. The van der Waals surface area contributed by atoms with Crippen LogP contribution < -0.4 is 10.2 Å². The van der Waals surface area contributed by atoms with Crippen LogP contribution in [0.2, 0.25) is 0 Å². The zero-order valence-corrected chi connectivity index (χ0v) is 19.6. The molecule has 1 aliphatic carbocycles. The summed E-state index contributed by atoms with van der Waals surface area (Å²) in [5, 5.41) is 17.0. The monoisotopic (exact) mass is 471 g/mol. The molecule has 2 aromatic heterocycles. The van der Waals surface area contributed by atoms with E-state index in [2.05, 4.69) is 44.5 Å². The summed E-state index contributed by atoms with van der Waals surface area (Å²) in [5.41, 5.74) is 8.75. The number of amides is 1. The van der Waals surface area contributed by atoms with E-state index < -0.39 is 5.91 Å². The molecular weight excluding hydrogens is 442 g/mol. The quantitative estimate of drug-likeness (QED) is 0.167. The van der Waals surface area contributed by atoms with Gasteiger partial charge < -0.3 is 9.72 Å². The van der Waals surface area contributed by atoms with E-state index in [4.69, 9.17) is 9.94 Å². The van der Waals surface area contributed by atoms with Gasteiger partial charge in [0.2, 0.25) is 0 Å². The Balaban J connectivity index is 1.37. The second kappa shape index (κ2) is 10.2. The van der Waals surface area contributed by atoms with Crippen molar-refractivity contribution >= 4 is 22.9 Å². The van der Waals surface area contributed by atoms with Crippen LogP contribution in [0.1, 0.15) is 40.3 Å². The Morgan fingerprint density at radius 2 is 2.20 bits per heavy atom. The third-order valence-electron chi connectivity index (χ3n) is 6.77. The number of carbonyl (C=O) groups is 1. The van der Waals surface area contributed by atoms with Crippen LogP contribution in [-0.4, -0.2) is 44.9 Å². The number of aromatic nitrogens is 3. The van der Waals surface area contributed by atoms with E-state index in [0.717, 1.165) is 54.7 Å². The molecule has 0 fully saturated rings. The van der Waals surface area contributed by atoms with Gasteiger partial charge >= 0.3 is 0 Å². The van der Waals surface area contributed by atoms with E-state index in [1.807, 2.05) is 30.6 Å². The molecule has 35 heavy (non-hydrogen) atoms. The topological polar surface area (TPSA) is 106 Å². The summed E-state index contributed by atoms with van der Waals surface area (Å²) >= 11 is 0. The van der Waals surface area contributed by atoms with Crippen LogP contribution >= 0.6 is 0 Å². The van der Waals surface area contributed by atoms with E-state index in [-0.39, 0.29) is 0 Å². The third-order valence-corrected chi connectivity index (χ3v) is 6.77. The summed E-state index contributed by atoms with van der Waals surface area (Å²) in [6.07, 6.45) is 12.0. The molecule has 1 atom stereocenters. The van der Waals surface area contributed by atoms with Crippen LogP contribution in [0.5, 0.6) is 5.75 Å². The Bertz CT molecular complexity index is 1340. The number of hydroxylamine groups is 1. The van der Waals surface area contributed by atoms with Crippen LogP contribution in [0.4, 0.5) is 0 Å². The third kappa shape index (κ3) is 4.99. The largest absolute Gasteiger partial charge is 0.497 e. The first-order valence-electron chi connectivity index (χ1n) is 11.8. The van der Waals surface area contributed by atoms with Crippen molar-refractivity contribution in [3.63, 3.8) is 0 Å². The van der Waals surface area contributed by atoms with Crippen molar-refractivity contribution in [2.24, 2.45) is 0 Å². The SMILES string of the molecule is COc1ccc2c(CCN(Cc3cn[nH]c3)C3CCc4cc(/C=C/C(=O)NO)ccc43)c[nH]c2c1. The second-order valence-corrected chi connectivity index (χ2v) is 8.87. The first kappa shape index (κ1) is 22.9. The molecule has 0 bridgehead atoms. The Labute approximate surface area is 203 Å². The zero-order chi connectivity index (χ0) is 24.2. The van der Waals surface area contributed by atoms with Gasteiger partial charge in [0.15, 0.2) is 0 Å². The van der Waals surface area contributed by atoms with Crippen LogP contribution in [0, 0.1) is 0 Å². The standard InChI is InChI=1S/C27H29N5O3/c1-35-22-5-7-23-21(16-28-25(23)13-22)10-11-32(17-19-14-29-30-15-19)26-8-4-20-12-18(2-6-24(20)26)3-9-27(33)31-34/h2-3,5-7,9,12-16,26,28,34H,4,8,10-11,17H2,1H3,(H,29,30)(H,31,33)/b9-3+. The number of methoxy groups -OCH3 is 1. The molecule has 4 aromatic rings. The lowest BCUT2D eigenvalue weighted by Crippen LogP contribution is -2.29. The van der Waals surface area contributed by atoms with E-state index in [9.17, 15) is 4.79 Å². The fourth-order valence-electron chi connectivity index (χ4n) is 5.01. The van der Waals surface area contributed by atoms with E-state index in [1.165, 1.54) is 28.2 Å². The van der Waals surface area contributed by atoms with Gasteiger partial charge in [0.25, 0.3) is 5.91 Å². The molecule has 4 N–H and O–H groups in total. The number of rotatable bonds is 9. The van der Waals surface area contributed by atoms with Gasteiger partial charge in [0.1, 0.15) is 5.75 Å². The van der Waals surface area contributed by atoms with Gasteiger partial charge in [0.05, 0.1) is 13.3 Å². The van der Waals surface area contributed by atoms with Crippen molar-refractivity contribution in [3.05, 3.63) is 88.9 Å². The summed E-state index contributed by atoms with van der Waals surface area (Å²) in [4.78, 5) is 17.2. The van der Waals surface area contributed by atoms with Gasteiger partial charge in [-0.25, -0.2) is 5.48 Å². The molecule has 1 unspecified atom stereocenters. The predicted octanol–water partition coefficient (Wildman–Crippen LogP) is 4.15. The molecule has 8 heteroatoms. The minimum absolute atomic E-state index is 0.309. The average Bonchev–Trinajstić information content (AvgIpc) is 3.64. The minimum atomic E-state index is -0.537. The highest BCUT2D eigenvalue weighted by atomic mass is 16.5. The van der Waals surface area contributed by atoms with Gasteiger partial charge in [0, 0.05) is 60.1 Å². The van der Waals surface area contributed by atoms with Crippen LogP contribution in [-0.2, 0) is 24.2 Å². The number of ether oxygens (including phenoxy) is 1. The van der Waals surface area contributed by atoms with Crippen molar-refractivity contribution in [2.75, 3.05) is 13.7 Å². The van der Waals surface area contributed by atoms with E-state index >= 15 is 0 Å². The lowest BCUT2D eigenvalue weighted by atomic mass is 10.0. The maximum absolute atomic E-state index is 11.3. The van der Waals surface area contributed by atoms with Crippen molar-refractivity contribution < 1.29 is 14.7 Å². The summed E-state index contributed by atoms with van der Waals surface area (Å²) in [6, 6.07) is 12.8. The fraction of sp³-hybridized carbons (Fsp3) is 0.259. The molecule has 2 aromatic carbocycles.